The van der Waals surface area contributed by atoms with Crippen LogP contribution >= 0.6 is 0 Å². The largest absolute Gasteiger partial charge is 0.396 e. The molecule has 0 saturated heterocycles. The number of rotatable bonds is 6. The van der Waals surface area contributed by atoms with E-state index in [-0.39, 0.29) is 13.2 Å². The molecule has 0 bridgehead atoms. The van der Waals surface area contributed by atoms with Gasteiger partial charge in [0.15, 0.2) is 0 Å². The molecule has 0 aromatic heterocycles. The minimum absolute atomic E-state index is 0.283. The third-order valence-electron chi connectivity index (χ3n) is 7.48. The molecule has 182 valence electrons. The van der Waals surface area contributed by atoms with E-state index in [0.717, 1.165) is 25.7 Å². The summed E-state index contributed by atoms with van der Waals surface area (Å²) in [5.41, 5.74) is 17.0. The van der Waals surface area contributed by atoms with E-state index in [1.807, 2.05) is 13.8 Å². The molecule has 2 aromatic rings. The maximum Gasteiger partial charge on any atom is 0.0434 e. The fourth-order valence-electron chi connectivity index (χ4n) is 4.42. The van der Waals surface area contributed by atoms with Crippen LogP contribution in [0.3, 0.4) is 0 Å². The Bertz CT molecular complexity index is 744. The molecule has 32 heavy (non-hydrogen) atoms. The van der Waals surface area contributed by atoms with Gasteiger partial charge in [0.1, 0.15) is 0 Å². The fourth-order valence-corrected chi connectivity index (χ4v) is 4.42. The van der Waals surface area contributed by atoms with Gasteiger partial charge in [-0.05, 0) is 162 Å². The standard InChI is InChI=1S/2C14H22O.C2H6/c2*1-9-10(2)12(4)14(7-6-8-15)13(5)11(9)3;1-2/h2*15H,6-8H2,1-5H3;1-2H3. The van der Waals surface area contributed by atoms with E-state index >= 15 is 0 Å². The minimum atomic E-state index is 0.283. The molecule has 0 fully saturated rings. The Morgan fingerprint density at radius 2 is 0.562 bits per heavy atom. The molecule has 0 amide bonds. The van der Waals surface area contributed by atoms with Crippen LogP contribution in [-0.2, 0) is 12.8 Å². The average molecular weight is 443 g/mol. The number of aliphatic hydroxyl groups is 2. The van der Waals surface area contributed by atoms with Crippen molar-refractivity contribution in [3.8, 4) is 0 Å². The molecule has 2 heteroatoms. The molecular formula is C30H50O2. The van der Waals surface area contributed by atoms with Gasteiger partial charge in [0.25, 0.3) is 0 Å². The Balaban J connectivity index is 0.000000557. The highest BCUT2D eigenvalue weighted by Gasteiger charge is 2.12. The summed E-state index contributed by atoms with van der Waals surface area (Å²) in [7, 11) is 0. The van der Waals surface area contributed by atoms with Gasteiger partial charge in [-0.1, -0.05) is 13.8 Å². The zero-order valence-electron chi connectivity index (χ0n) is 23.1. The first-order valence-electron chi connectivity index (χ1n) is 12.3. The van der Waals surface area contributed by atoms with Crippen molar-refractivity contribution in [2.24, 2.45) is 0 Å². The molecule has 2 nitrogen and oxygen atoms in total. The van der Waals surface area contributed by atoms with Gasteiger partial charge in [-0.2, -0.15) is 0 Å². The third-order valence-corrected chi connectivity index (χ3v) is 7.48. The van der Waals surface area contributed by atoms with E-state index in [9.17, 15) is 0 Å². The van der Waals surface area contributed by atoms with Gasteiger partial charge in [0.05, 0.1) is 0 Å². The van der Waals surface area contributed by atoms with E-state index in [4.69, 9.17) is 10.2 Å². The topological polar surface area (TPSA) is 40.5 Å². The van der Waals surface area contributed by atoms with Crippen LogP contribution in [0, 0.1) is 69.2 Å². The lowest BCUT2D eigenvalue weighted by atomic mass is 9.88. The predicted octanol–water partition coefficient (Wildman–Crippen LogP) is 7.33. The lowest BCUT2D eigenvalue weighted by Gasteiger charge is -2.18. The van der Waals surface area contributed by atoms with Crippen molar-refractivity contribution in [1.82, 2.24) is 0 Å². The maximum atomic E-state index is 8.90. The van der Waals surface area contributed by atoms with E-state index in [2.05, 4.69) is 69.2 Å². The second kappa shape index (κ2) is 14.5. The predicted molar refractivity (Wildman–Crippen MR) is 142 cm³/mol. The van der Waals surface area contributed by atoms with Crippen LogP contribution in [0.15, 0.2) is 0 Å². The number of hydrogen-bond donors (Lipinski definition) is 2. The van der Waals surface area contributed by atoms with Crippen molar-refractivity contribution in [2.45, 2.75) is 109 Å². The van der Waals surface area contributed by atoms with Crippen molar-refractivity contribution in [3.63, 3.8) is 0 Å². The molecule has 2 aromatic carbocycles. The summed E-state index contributed by atoms with van der Waals surface area (Å²) in [6.07, 6.45) is 3.72. The van der Waals surface area contributed by atoms with Crippen LogP contribution in [0.2, 0.25) is 0 Å². The van der Waals surface area contributed by atoms with Gasteiger partial charge in [0, 0.05) is 13.2 Å². The molecule has 0 atom stereocenters. The third kappa shape index (κ3) is 7.18. The molecule has 0 heterocycles. The Morgan fingerprint density at radius 1 is 0.375 bits per heavy atom. The summed E-state index contributed by atoms with van der Waals surface area (Å²) in [6, 6.07) is 0. The Morgan fingerprint density at radius 3 is 0.750 bits per heavy atom. The molecular weight excluding hydrogens is 392 g/mol. The maximum absolute atomic E-state index is 8.90. The highest BCUT2D eigenvalue weighted by atomic mass is 16.3. The second-order valence-electron chi connectivity index (χ2n) is 8.86. The van der Waals surface area contributed by atoms with Gasteiger partial charge in [-0.3, -0.25) is 0 Å². The Labute approximate surface area is 199 Å². The molecule has 0 aliphatic rings. The summed E-state index contributed by atoms with van der Waals surface area (Å²) in [5.74, 6) is 0. The Hall–Kier alpha value is -1.64. The van der Waals surface area contributed by atoms with Crippen LogP contribution in [0.5, 0.6) is 0 Å². The number of benzene rings is 2. The van der Waals surface area contributed by atoms with E-state index in [1.54, 1.807) is 0 Å². The summed E-state index contributed by atoms with van der Waals surface area (Å²) >= 11 is 0. The molecule has 0 aliphatic heterocycles. The molecule has 0 aliphatic carbocycles. The van der Waals surface area contributed by atoms with E-state index < -0.39 is 0 Å². The van der Waals surface area contributed by atoms with Crippen molar-refractivity contribution in [2.75, 3.05) is 13.2 Å². The number of hydrogen-bond acceptors (Lipinski definition) is 2. The van der Waals surface area contributed by atoms with Crippen LogP contribution in [0.4, 0.5) is 0 Å². The quantitative estimate of drug-likeness (QED) is 0.491. The number of aliphatic hydroxyl groups excluding tert-OH is 2. The molecule has 0 radical (unpaired) electrons. The van der Waals surface area contributed by atoms with Gasteiger partial charge in [-0.15, -0.1) is 0 Å². The summed E-state index contributed by atoms with van der Waals surface area (Å²) in [4.78, 5) is 0. The van der Waals surface area contributed by atoms with Crippen LogP contribution in [0.25, 0.3) is 0 Å². The summed E-state index contributed by atoms with van der Waals surface area (Å²) < 4.78 is 0. The van der Waals surface area contributed by atoms with Gasteiger partial charge >= 0.3 is 0 Å². The zero-order valence-corrected chi connectivity index (χ0v) is 23.1. The lowest BCUT2D eigenvalue weighted by molar-refractivity contribution is 0.288. The molecule has 0 saturated carbocycles. The smallest absolute Gasteiger partial charge is 0.0434 e. The van der Waals surface area contributed by atoms with Crippen LogP contribution in [0.1, 0.15) is 93.5 Å². The van der Waals surface area contributed by atoms with Crippen molar-refractivity contribution in [1.29, 1.82) is 0 Å². The molecule has 0 spiro atoms. The monoisotopic (exact) mass is 442 g/mol. The van der Waals surface area contributed by atoms with Gasteiger partial charge < -0.3 is 10.2 Å². The minimum Gasteiger partial charge on any atom is -0.396 e. The normalized spacial score (nSPS) is 10.3. The SMILES string of the molecule is CC.Cc1c(C)c(C)c(CCCO)c(C)c1C.Cc1c(C)c(C)c(CCCO)c(C)c1C. The lowest BCUT2D eigenvalue weighted by Crippen LogP contribution is -2.03. The first-order valence-corrected chi connectivity index (χ1v) is 12.3. The Kier molecular flexibility index (Phi) is 13.8. The first-order chi connectivity index (χ1) is 15.0. The zero-order chi connectivity index (χ0) is 25.2. The fraction of sp³-hybridized carbons (Fsp3) is 0.600. The molecule has 0 unspecified atom stereocenters. The molecule has 2 rings (SSSR count). The van der Waals surface area contributed by atoms with Crippen molar-refractivity contribution >= 4 is 0 Å². The highest BCUT2D eigenvalue weighted by molar-refractivity contribution is 5.50. The van der Waals surface area contributed by atoms with E-state index in [1.165, 1.54) is 66.8 Å². The average Bonchev–Trinajstić information content (AvgIpc) is 2.80. The summed E-state index contributed by atoms with van der Waals surface area (Å²) in [5, 5.41) is 17.8. The molecule has 2 N–H and O–H groups in total. The first kappa shape index (κ1) is 30.4. The van der Waals surface area contributed by atoms with Crippen molar-refractivity contribution < 1.29 is 10.2 Å². The van der Waals surface area contributed by atoms with E-state index in [0.29, 0.717) is 0 Å². The van der Waals surface area contributed by atoms with Crippen LogP contribution in [-0.4, -0.2) is 23.4 Å². The van der Waals surface area contributed by atoms with Gasteiger partial charge in [0.2, 0.25) is 0 Å². The van der Waals surface area contributed by atoms with Crippen LogP contribution < -0.4 is 0 Å². The summed E-state index contributed by atoms with van der Waals surface area (Å²) in [6.45, 7) is 26.5. The second-order valence-corrected chi connectivity index (χ2v) is 8.86. The van der Waals surface area contributed by atoms with Crippen molar-refractivity contribution in [3.05, 3.63) is 66.8 Å². The van der Waals surface area contributed by atoms with Gasteiger partial charge in [-0.25, -0.2) is 0 Å². The highest BCUT2D eigenvalue weighted by Crippen LogP contribution is 2.27.